The number of hydrogen-bond acceptors (Lipinski definition) is 4. The molecular weight excluding hydrogens is 436 g/mol. The summed E-state index contributed by atoms with van der Waals surface area (Å²) in [5.74, 6) is 0.829. The monoisotopic (exact) mass is 460 g/mol. The molecule has 0 saturated heterocycles. The van der Waals surface area contributed by atoms with E-state index >= 15 is 0 Å². The SMILES string of the molecule is COc1cc2ccccc2cc1C(=O)N/N=C\c1ccccc1OCc1cccc2ccccc12. The third kappa shape index (κ3) is 4.84. The van der Waals surface area contributed by atoms with Crippen LogP contribution in [0.4, 0.5) is 0 Å². The van der Waals surface area contributed by atoms with E-state index < -0.39 is 0 Å². The van der Waals surface area contributed by atoms with Crippen LogP contribution in [0, 0.1) is 0 Å². The highest BCUT2D eigenvalue weighted by atomic mass is 16.5. The van der Waals surface area contributed by atoms with Crippen LogP contribution in [-0.2, 0) is 6.61 Å². The van der Waals surface area contributed by atoms with Crippen molar-refractivity contribution in [1.82, 2.24) is 5.43 Å². The van der Waals surface area contributed by atoms with Crippen molar-refractivity contribution >= 4 is 33.7 Å². The smallest absolute Gasteiger partial charge is 0.275 e. The van der Waals surface area contributed by atoms with Crippen molar-refractivity contribution in [2.45, 2.75) is 6.61 Å². The zero-order valence-corrected chi connectivity index (χ0v) is 19.3. The van der Waals surface area contributed by atoms with Crippen LogP contribution in [0.1, 0.15) is 21.5 Å². The van der Waals surface area contributed by atoms with Crippen LogP contribution in [0.3, 0.4) is 0 Å². The van der Waals surface area contributed by atoms with Crippen molar-refractivity contribution in [2.24, 2.45) is 5.10 Å². The number of nitrogens with zero attached hydrogens (tertiary/aromatic N) is 1. The Bertz CT molecular complexity index is 1540. The first-order chi connectivity index (χ1) is 17.2. The number of carbonyl (C=O) groups is 1. The minimum absolute atomic E-state index is 0.349. The molecule has 5 heteroatoms. The molecule has 0 fully saturated rings. The number of methoxy groups -OCH3 is 1. The van der Waals surface area contributed by atoms with Crippen molar-refractivity contribution in [3.63, 3.8) is 0 Å². The summed E-state index contributed by atoms with van der Waals surface area (Å²) in [5.41, 5.74) is 4.89. The molecular formula is C30H24N2O3. The molecule has 5 rings (SSSR count). The number of nitrogens with one attached hydrogen (secondary N) is 1. The predicted octanol–water partition coefficient (Wildman–Crippen LogP) is 6.34. The summed E-state index contributed by atoms with van der Waals surface area (Å²) < 4.78 is 11.6. The van der Waals surface area contributed by atoms with Crippen LogP contribution >= 0.6 is 0 Å². The van der Waals surface area contributed by atoms with Gasteiger partial charge >= 0.3 is 0 Å². The average molecular weight is 461 g/mol. The highest BCUT2D eigenvalue weighted by molar-refractivity contribution is 6.02. The van der Waals surface area contributed by atoms with Crippen molar-refractivity contribution in [2.75, 3.05) is 7.11 Å². The highest BCUT2D eigenvalue weighted by Gasteiger charge is 2.13. The van der Waals surface area contributed by atoms with Gasteiger partial charge in [-0.2, -0.15) is 5.10 Å². The number of para-hydroxylation sites is 1. The summed E-state index contributed by atoms with van der Waals surface area (Å²) in [7, 11) is 1.55. The van der Waals surface area contributed by atoms with E-state index in [0.29, 0.717) is 23.7 Å². The minimum Gasteiger partial charge on any atom is -0.496 e. The van der Waals surface area contributed by atoms with Gasteiger partial charge in [0.05, 0.1) is 18.9 Å². The third-order valence-corrected chi connectivity index (χ3v) is 5.86. The second-order valence-electron chi connectivity index (χ2n) is 8.06. The summed E-state index contributed by atoms with van der Waals surface area (Å²) in [5, 5.41) is 8.47. The first-order valence-corrected chi connectivity index (χ1v) is 11.3. The van der Waals surface area contributed by atoms with Crippen molar-refractivity contribution < 1.29 is 14.3 Å². The maximum absolute atomic E-state index is 12.8. The lowest BCUT2D eigenvalue weighted by molar-refractivity contribution is 0.0952. The summed E-state index contributed by atoms with van der Waals surface area (Å²) in [6.07, 6.45) is 1.59. The van der Waals surface area contributed by atoms with Crippen LogP contribution in [0.2, 0.25) is 0 Å². The van der Waals surface area contributed by atoms with Crippen molar-refractivity contribution in [3.05, 3.63) is 120 Å². The van der Waals surface area contributed by atoms with E-state index in [1.165, 1.54) is 5.39 Å². The number of carbonyl (C=O) groups excluding carboxylic acids is 1. The number of ether oxygens (including phenoxy) is 2. The lowest BCUT2D eigenvalue weighted by Gasteiger charge is -2.11. The molecule has 5 nitrogen and oxygen atoms in total. The van der Waals surface area contributed by atoms with E-state index in [0.717, 1.165) is 27.3 Å². The third-order valence-electron chi connectivity index (χ3n) is 5.86. The average Bonchev–Trinajstić information content (AvgIpc) is 2.91. The van der Waals surface area contributed by atoms with E-state index in [9.17, 15) is 4.79 Å². The number of hydrazone groups is 1. The molecule has 0 bridgehead atoms. The Hall–Kier alpha value is -4.64. The second kappa shape index (κ2) is 10.1. The van der Waals surface area contributed by atoms with Crippen molar-refractivity contribution in [1.29, 1.82) is 0 Å². The predicted molar refractivity (Wildman–Crippen MR) is 140 cm³/mol. The number of hydrogen-bond donors (Lipinski definition) is 1. The quantitative estimate of drug-likeness (QED) is 0.228. The highest BCUT2D eigenvalue weighted by Crippen LogP contribution is 2.26. The number of amides is 1. The summed E-state index contributed by atoms with van der Waals surface area (Å²) in [6, 6.07) is 33.5. The van der Waals surface area contributed by atoms with Gasteiger partial charge < -0.3 is 9.47 Å². The molecule has 5 aromatic rings. The molecule has 0 aromatic heterocycles. The summed E-state index contributed by atoms with van der Waals surface area (Å²) in [6.45, 7) is 0.423. The Morgan fingerprint density at radius 3 is 2.31 bits per heavy atom. The first kappa shape index (κ1) is 22.2. The molecule has 1 amide bonds. The van der Waals surface area contributed by atoms with Gasteiger partial charge in [0, 0.05) is 5.56 Å². The Morgan fingerprint density at radius 2 is 1.49 bits per heavy atom. The summed E-state index contributed by atoms with van der Waals surface area (Å²) >= 11 is 0. The molecule has 35 heavy (non-hydrogen) atoms. The molecule has 0 unspecified atom stereocenters. The number of fused-ring (bicyclic) bond motifs is 2. The van der Waals surface area contributed by atoms with Crippen molar-refractivity contribution in [3.8, 4) is 11.5 Å². The van der Waals surface area contributed by atoms with E-state index in [-0.39, 0.29) is 5.91 Å². The van der Waals surface area contributed by atoms with E-state index in [4.69, 9.17) is 9.47 Å². The largest absolute Gasteiger partial charge is 0.496 e. The Morgan fingerprint density at radius 1 is 0.800 bits per heavy atom. The van der Waals surface area contributed by atoms with Gasteiger partial charge in [-0.3, -0.25) is 4.79 Å². The molecule has 0 spiro atoms. The molecule has 0 atom stereocenters. The molecule has 1 N–H and O–H groups in total. The lowest BCUT2D eigenvalue weighted by Crippen LogP contribution is -2.18. The maximum atomic E-state index is 12.8. The van der Waals surface area contributed by atoms with Crippen LogP contribution in [0.5, 0.6) is 11.5 Å². The minimum atomic E-state index is -0.349. The molecule has 0 aliphatic rings. The van der Waals surface area contributed by atoms with Crippen LogP contribution in [0.15, 0.2) is 108 Å². The van der Waals surface area contributed by atoms with Gasteiger partial charge in [-0.25, -0.2) is 5.43 Å². The van der Waals surface area contributed by atoms with Gasteiger partial charge in [0.25, 0.3) is 5.91 Å². The molecule has 0 aliphatic carbocycles. The van der Waals surface area contributed by atoms with Gasteiger partial charge in [-0.05, 0) is 51.4 Å². The number of rotatable bonds is 7. The van der Waals surface area contributed by atoms with E-state index in [2.05, 4.69) is 34.8 Å². The second-order valence-corrected chi connectivity index (χ2v) is 8.06. The van der Waals surface area contributed by atoms with Gasteiger partial charge in [0.1, 0.15) is 18.1 Å². The van der Waals surface area contributed by atoms with Gasteiger partial charge in [0.2, 0.25) is 0 Å². The normalized spacial score (nSPS) is 11.1. The zero-order chi connectivity index (χ0) is 24.0. The zero-order valence-electron chi connectivity index (χ0n) is 19.3. The van der Waals surface area contributed by atoms with Gasteiger partial charge in [-0.1, -0.05) is 78.9 Å². The molecule has 0 aliphatic heterocycles. The number of benzene rings is 5. The van der Waals surface area contributed by atoms with E-state index in [1.54, 1.807) is 19.4 Å². The standard InChI is InChI=1S/C30H24N2O3/c1-34-29-18-23-11-3-2-10-22(23)17-27(29)30(33)32-31-19-24-12-5-7-16-28(24)35-20-25-14-8-13-21-9-4-6-15-26(21)25/h2-19H,20H2,1H3,(H,32,33)/b31-19-. The van der Waals surface area contributed by atoms with Gasteiger partial charge in [0.15, 0.2) is 0 Å². The molecule has 0 saturated carbocycles. The first-order valence-electron chi connectivity index (χ1n) is 11.3. The van der Waals surface area contributed by atoms with E-state index in [1.807, 2.05) is 72.8 Å². The van der Waals surface area contributed by atoms with Crippen LogP contribution in [-0.4, -0.2) is 19.2 Å². The topological polar surface area (TPSA) is 59.9 Å². The molecule has 172 valence electrons. The fraction of sp³-hybridized carbons (Fsp3) is 0.0667. The molecule has 0 radical (unpaired) electrons. The summed E-state index contributed by atoms with van der Waals surface area (Å²) in [4.78, 5) is 12.8. The molecule has 5 aromatic carbocycles. The van der Waals surface area contributed by atoms with Crippen LogP contribution in [0.25, 0.3) is 21.5 Å². The van der Waals surface area contributed by atoms with Gasteiger partial charge in [-0.15, -0.1) is 0 Å². The Labute approximate surface area is 203 Å². The Kier molecular flexibility index (Phi) is 6.39. The Balaban J connectivity index is 1.31. The molecule has 0 heterocycles. The van der Waals surface area contributed by atoms with Crippen LogP contribution < -0.4 is 14.9 Å². The fourth-order valence-corrected chi connectivity index (χ4v) is 4.08. The lowest BCUT2D eigenvalue weighted by atomic mass is 10.1. The maximum Gasteiger partial charge on any atom is 0.275 e. The fourth-order valence-electron chi connectivity index (χ4n) is 4.08.